The highest BCUT2D eigenvalue weighted by Gasteiger charge is 2.10. The predicted octanol–water partition coefficient (Wildman–Crippen LogP) is 5.21. The average Bonchev–Trinajstić information content (AvgIpc) is 2.80. The Labute approximate surface area is 196 Å². The van der Waals surface area contributed by atoms with Gasteiger partial charge in [0.2, 0.25) is 5.91 Å². The molecule has 2 N–H and O–H groups in total. The molecular weight excluding hydrogens is 449 g/mol. The van der Waals surface area contributed by atoms with Gasteiger partial charge in [-0.05, 0) is 41.5 Å². The summed E-state index contributed by atoms with van der Waals surface area (Å²) in [7, 11) is 0. The molecule has 0 aromatic heterocycles. The van der Waals surface area contributed by atoms with Gasteiger partial charge in [-0.3, -0.25) is 9.59 Å². The molecule has 0 aliphatic rings. The summed E-state index contributed by atoms with van der Waals surface area (Å²) in [6.07, 6.45) is 2.53. The number of amides is 2. The molecule has 3 aromatic carbocycles. The first kappa shape index (κ1) is 23.6. The van der Waals surface area contributed by atoms with E-state index in [4.69, 9.17) is 27.9 Å². The summed E-state index contributed by atoms with van der Waals surface area (Å²) in [5.41, 5.74) is 3.66. The molecule has 0 atom stereocenters. The normalized spacial score (nSPS) is 11.0. The second-order valence-corrected chi connectivity index (χ2v) is 7.79. The zero-order chi connectivity index (χ0) is 22.9. The minimum absolute atomic E-state index is 0.0686. The lowest BCUT2D eigenvalue weighted by Crippen LogP contribution is -2.29. The molecule has 166 valence electrons. The number of halogens is 2. The number of carbonyl (C=O) groups is 2. The third-order valence-electron chi connectivity index (χ3n) is 4.59. The van der Waals surface area contributed by atoms with Crippen LogP contribution in [-0.4, -0.2) is 31.2 Å². The van der Waals surface area contributed by atoms with Crippen LogP contribution in [-0.2, 0) is 4.79 Å². The molecule has 2 amide bonds. The van der Waals surface area contributed by atoms with Crippen molar-refractivity contribution in [1.82, 2.24) is 10.7 Å². The molecule has 0 saturated carbocycles. The second kappa shape index (κ2) is 11.5. The smallest absolute Gasteiger partial charge is 0.251 e. The van der Waals surface area contributed by atoms with Gasteiger partial charge in [0.15, 0.2) is 0 Å². The van der Waals surface area contributed by atoms with Crippen LogP contribution in [0.1, 0.15) is 35.7 Å². The number of nitrogens with one attached hydrogen (secondary N) is 2. The van der Waals surface area contributed by atoms with E-state index in [9.17, 15) is 9.59 Å². The Hall–Kier alpha value is -3.09. The van der Waals surface area contributed by atoms with Gasteiger partial charge in [-0.15, -0.1) is 0 Å². The van der Waals surface area contributed by atoms with Gasteiger partial charge in [-0.25, -0.2) is 5.43 Å². The van der Waals surface area contributed by atoms with E-state index in [1.807, 2.05) is 43.3 Å². The first-order valence-electron chi connectivity index (χ1n) is 10.2. The largest absolute Gasteiger partial charge is 0.493 e. The first-order chi connectivity index (χ1) is 15.5. The van der Waals surface area contributed by atoms with Gasteiger partial charge in [0, 0.05) is 24.1 Å². The monoisotopic (exact) mass is 471 g/mol. The van der Waals surface area contributed by atoms with Crippen molar-refractivity contribution < 1.29 is 14.3 Å². The maximum absolute atomic E-state index is 12.1. The topological polar surface area (TPSA) is 79.8 Å². The maximum Gasteiger partial charge on any atom is 0.251 e. The van der Waals surface area contributed by atoms with E-state index >= 15 is 0 Å². The standard InChI is InChI=1S/C24H23Cl2N3O3/c1-2-13-32-22-10-8-16-5-3-4-6-18(16)19(22)15-28-29-23(30)11-12-27-24(31)17-7-9-20(25)21(26)14-17/h3-10,14-15H,2,11-13H2,1H3,(H,27,31)(H,29,30). The molecule has 0 aliphatic carbocycles. The lowest BCUT2D eigenvalue weighted by atomic mass is 10.0. The van der Waals surface area contributed by atoms with Crippen molar-refractivity contribution >= 4 is 52.0 Å². The fourth-order valence-corrected chi connectivity index (χ4v) is 3.30. The molecule has 8 heteroatoms. The van der Waals surface area contributed by atoms with Gasteiger partial charge < -0.3 is 10.1 Å². The van der Waals surface area contributed by atoms with Crippen molar-refractivity contribution in [2.75, 3.05) is 13.2 Å². The summed E-state index contributed by atoms with van der Waals surface area (Å²) >= 11 is 11.8. The second-order valence-electron chi connectivity index (χ2n) is 6.97. The van der Waals surface area contributed by atoms with Crippen LogP contribution < -0.4 is 15.5 Å². The number of ether oxygens (including phenoxy) is 1. The Kier molecular flexibility index (Phi) is 8.48. The Bertz CT molecular complexity index is 1150. The molecule has 0 fully saturated rings. The number of carbonyl (C=O) groups excluding carboxylic acids is 2. The van der Waals surface area contributed by atoms with Crippen molar-refractivity contribution in [2.45, 2.75) is 19.8 Å². The zero-order valence-electron chi connectivity index (χ0n) is 17.5. The Balaban J connectivity index is 1.57. The minimum atomic E-state index is -0.340. The fraction of sp³-hybridized carbons (Fsp3) is 0.208. The molecule has 0 radical (unpaired) electrons. The van der Waals surface area contributed by atoms with Crippen LogP contribution in [0.5, 0.6) is 5.75 Å². The van der Waals surface area contributed by atoms with Crippen LogP contribution in [0.4, 0.5) is 0 Å². The molecule has 32 heavy (non-hydrogen) atoms. The van der Waals surface area contributed by atoms with Crippen LogP contribution in [0, 0.1) is 0 Å². The Morgan fingerprint density at radius 3 is 2.66 bits per heavy atom. The highest BCUT2D eigenvalue weighted by atomic mass is 35.5. The first-order valence-corrected chi connectivity index (χ1v) is 10.9. The summed E-state index contributed by atoms with van der Waals surface area (Å²) < 4.78 is 5.83. The number of nitrogens with zero attached hydrogens (tertiary/aromatic N) is 1. The third-order valence-corrected chi connectivity index (χ3v) is 5.33. The van der Waals surface area contributed by atoms with Crippen LogP contribution in [0.3, 0.4) is 0 Å². The van der Waals surface area contributed by atoms with E-state index in [0.29, 0.717) is 28.0 Å². The van der Waals surface area contributed by atoms with Crippen LogP contribution in [0.2, 0.25) is 10.0 Å². The van der Waals surface area contributed by atoms with Crippen molar-refractivity contribution in [2.24, 2.45) is 5.10 Å². The molecular formula is C24H23Cl2N3O3. The van der Waals surface area contributed by atoms with Crippen molar-refractivity contribution in [3.63, 3.8) is 0 Å². The minimum Gasteiger partial charge on any atom is -0.493 e. The Morgan fingerprint density at radius 1 is 1.06 bits per heavy atom. The molecule has 0 unspecified atom stereocenters. The molecule has 0 heterocycles. The number of benzene rings is 3. The Morgan fingerprint density at radius 2 is 1.88 bits per heavy atom. The van der Waals surface area contributed by atoms with Gasteiger partial charge in [0.25, 0.3) is 5.91 Å². The van der Waals surface area contributed by atoms with Crippen molar-refractivity contribution in [3.8, 4) is 5.75 Å². The fourth-order valence-electron chi connectivity index (χ4n) is 3.00. The highest BCUT2D eigenvalue weighted by molar-refractivity contribution is 6.42. The van der Waals surface area contributed by atoms with E-state index in [1.54, 1.807) is 18.3 Å². The van der Waals surface area contributed by atoms with E-state index < -0.39 is 0 Å². The van der Waals surface area contributed by atoms with E-state index in [1.165, 1.54) is 6.07 Å². The number of hydrazone groups is 1. The van der Waals surface area contributed by atoms with Gasteiger partial charge in [-0.1, -0.05) is 60.5 Å². The van der Waals surface area contributed by atoms with E-state index in [0.717, 1.165) is 22.8 Å². The third kappa shape index (κ3) is 6.22. The average molecular weight is 472 g/mol. The lowest BCUT2D eigenvalue weighted by molar-refractivity contribution is -0.120. The highest BCUT2D eigenvalue weighted by Crippen LogP contribution is 2.27. The van der Waals surface area contributed by atoms with Gasteiger partial charge in [-0.2, -0.15) is 5.10 Å². The molecule has 0 bridgehead atoms. The van der Waals surface area contributed by atoms with Crippen molar-refractivity contribution in [1.29, 1.82) is 0 Å². The number of hydrogen-bond donors (Lipinski definition) is 2. The molecule has 3 rings (SSSR count). The lowest BCUT2D eigenvalue weighted by Gasteiger charge is -2.11. The van der Waals surface area contributed by atoms with Crippen LogP contribution >= 0.6 is 23.2 Å². The molecule has 0 saturated heterocycles. The van der Waals surface area contributed by atoms with Crippen molar-refractivity contribution in [3.05, 3.63) is 75.8 Å². The predicted molar refractivity (Wildman–Crippen MR) is 129 cm³/mol. The zero-order valence-corrected chi connectivity index (χ0v) is 19.0. The maximum atomic E-state index is 12.1. The SMILES string of the molecule is CCCOc1ccc2ccccc2c1C=NNC(=O)CCNC(=O)c1ccc(Cl)c(Cl)c1. The molecule has 0 aliphatic heterocycles. The van der Waals surface area contributed by atoms with Gasteiger partial charge in [0.05, 0.1) is 22.9 Å². The molecule has 6 nitrogen and oxygen atoms in total. The summed E-state index contributed by atoms with van der Waals surface area (Å²) in [4.78, 5) is 24.3. The summed E-state index contributed by atoms with van der Waals surface area (Å²) in [6, 6.07) is 16.4. The van der Waals surface area contributed by atoms with E-state index in [-0.39, 0.29) is 24.8 Å². The van der Waals surface area contributed by atoms with E-state index in [2.05, 4.69) is 15.8 Å². The van der Waals surface area contributed by atoms with Gasteiger partial charge in [0.1, 0.15) is 5.75 Å². The summed E-state index contributed by atoms with van der Waals surface area (Å²) in [5.74, 6) is 0.0396. The van der Waals surface area contributed by atoms with Crippen LogP contribution in [0.15, 0.2) is 59.7 Å². The number of hydrogen-bond acceptors (Lipinski definition) is 4. The summed E-state index contributed by atoms with van der Waals surface area (Å²) in [6.45, 7) is 2.78. The quantitative estimate of drug-likeness (QED) is 0.332. The van der Waals surface area contributed by atoms with Gasteiger partial charge >= 0.3 is 0 Å². The summed E-state index contributed by atoms with van der Waals surface area (Å²) in [5, 5.41) is 9.45. The molecule has 0 spiro atoms. The molecule has 3 aromatic rings. The number of fused-ring (bicyclic) bond motifs is 1. The van der Waals surface area contributed by atoms with Crippen LogP contribution in [0.25, 0.3) is 10.8 Å². The number of rotatable bonds is 9.